The van der Waals surface area contributed by atoms with Crippen molar-refractivity contribution in [1.29, 1.82) is 0 Å². The average molecular weight is 1120 g/mol. The molecule has 0 N–H and O–H groups in total. The first-order valence-corrected chi connectivity index (χ1v) is 28.5. The number of hydrogen-bond donors (Lipinski definition) is 0. The predicted octanol–water partition coefficient (Wildman–Crippen LogP) is 14.8. The third-order valence-electron chi connectivity index (χ3n) is 17.1. The molecule has 3 aliphatic carbocycles. The van der Waals surface area contributed by atoms with Crippen LogP contribution in [0.5, 0.6) is 34.5 Å². The molecule has 0 aliphatic heterocycles. The molecule has 6 heteroatoms. The average Bonchev–Trinajstić information content (AvgIpc) is 1.47. The molecule has 0 atom stereocenters. The van der Waals surface area contributed by atoms with Crippen molar-refractivity contribution in [2.45, 2.75) is 16.2 Å². The second kappa shape index (κ2) is 22.8. The summed E-state index contributed by atoms with van der Waals surface area (Å²) in [5.41, 5.74) is 15.7. The van der Waals surface area contributed by atoms with Gasteiger partial charge in [0, 0.05) is 0 Å². The van der Waals surface area contributed by atoms with Crippen LogP contribution in [0, 0.1) is 74.1 Å². The van der Waals surface area contributed by atoms with Crippen LogP contribution < -0.4 is 28.4 Å². The van der Waals surface area contributed by atoms with E-state index in [2.05, 4.69) is 181 Å². The lowest BCUT2D eigenvalue weighted by atomic mass is 9.61. The van der Waals surface area contributed by atoms with Gasteiger partial charge >= 0.3 is 0 Å². The Morgan fingerprint density at radius 1 is 0.230 bits per heavy atom. The highest BCUT2D eigenvalue weighted by Gasteiger charge is 2.61. The van der Waals surface area contributed by atoms with Crippen molar-refractivity contribution in [2.24, 2.45) is 0 Å². The van der Waals surface area contributed by atoms with Gasteiger partial charge in [-0.3, -0.25) is 0 Å². The number of hydrogen-bond acceptors (Lipinski definition) is 6. The zero-order valence-corrected chi connectivity index (χ0v) is 47.4. The molecule has 0 saturated carbocycles. The minimum Gasteiger partial charge on any atom is -0.481 e. The van der Waals surface area contributed by atoms with Crippen LogP contribution in [0.3, 0.4) is 0 Å². The molecule has 0 fully saturated rings. The summed E-state index contributed by atoms with van der Waals surface area (Å²) < 4.78 is 36.9. The Kier molecular flexibility index (Phi) is 14.3. The number of rotatable bonds is 18. The molecular formula is C81H54O6. The Morgan fingerprint density at radius 2 is 0.402 bits per heavy atom. The van der Waals surface area contributed by atoms with Gasteiger partial charge in [0.25, 0.3) is 0 Å². The predicted molar refractivity (Wildman–Crippen MR) is 344 cm³/mol. The van der Waals surface area contributed by atoms with Gasteiger partial charge in [0.2, 0.25) is 0 Å². The molecule has 3 aliphatic rings. The van der Waals surface area contributed by atoms with Crippen LogP contribution in [0.1, 0.15) is 66.8 Å². The van der Waals surface area contributed by atoms with E-state index in [0.29, 0.717) is 34.5 Å². The molecule has 414 valence electrons. The maximum absolute atomic E-state index is 6.15. The Balaban J connectivity index is 1.29. The fourth-order valence-corrected chi connectivity index (χ4v) is 14.0. The van der Waals surface area contributed by atoms with Crippen LogP contribution >= 0.6 is 0 Å². The summed E-state index contributed by atoms with van der Waals surface area (Å²) in [6, 6.07) is 77.1. The van der Waals surface area contributed by atoms with Gasteiger partial charge in [-0.05, 0) is 173 Å². The summed E-state index contributed by atoms with van der Waals surface area (Å²) in [5, 5.41) is 0. The zero-order valence-electron chi connectivity index (χ0n) is 47.4. The Labute approximate surface area is 508 Å². The third-order valence-corrected chi connectivity index (χ3v) is 17.1. The first kappa shape index (κ1) is 54.6. The molecule has 0 saturated heterocycles. The SMILES string of the molecule is C#CCOc1ccc(C2(c3ccc(OCC#C)cc3)c3ccccc3-c3c2c2c(c4c3C(c3ccc(OCC#C)cc3)(c3ccc(OCC#C)cc3)c3ccccc3-4)C(c3ccc(OCC#C)cc3)(c3ccc(OCC#C)cc3)c3ccccc3-2)cc1. The van der Waals surface area contributed by atoms with Gasteiger partial charge in [-0.1, -0.05) is 181 Å². The summed E-state index contributed by atoms with van der Waals surface area (Å²) >= 11 is 0. The molecule has 0 radical (unpaired) electrons. The summed E-state index contributed by atoms with van der Waals surface area (Å²) in [6.45, 7) is 0.658. The summed E-state index contributed by atoms with van der Waals surface area (Å²) in [6.07, 6.45) is 34.7. The maximum Gasteiger partial charge on any atom is 0.148 e. The number of fused-ring (bicyclic) bond motifs is 12. The molecule has 13 rings (SSSR count). The van der Waals surface area contributed by atoms with E-state index >= 15 is 0 Å². The monoisotopic (exact) mass is 1120 g/mol. The highest BCUT2D eigenvalue weighted by Crippen LogP contribution is 2.73. The van der Waals surface area contributed by atoms with Crippen molar-refractivity contribution < 1.29 is 28.4 Å². The fourth-order valence-electron chi connectivity index (χ4n) is 14.0. The highest BCUT2D eigenvalue weighted by molar-refractivity contribution is 6.09. The molecule has 0 amide bonds. The molecular weight excluding hydrogens is 1070 g/mol. The minimum absolute atomic E-state index is 0.110. The van der Waals surface area contributed by atoms with Crippen molar-refractivity contribution >= 4 is 0 Å². The first-order valence-electron chi connectivity index (χ1n) is 28.5. The van der Waals surface area contributed by atoms with E-state index in [1.54, 1.807) is 0 Å². The van der Waals surface area contributed by atoms with Crippen molar-refractivity contribution in [2.75, 3.05) is 39.6 Å². The lowest BCUT2D eigenvalue weighted by Gasteiger charge is -2.40. The lowest BCUT2D eigenvalue weighted by Crippen LogP contribution is -2.33. The Morgan fingerprint density at radius 3 is 0.575 bits per heavy atom. The molecule has 0 unspecified atom stereocenters. The van der Waals surface area contributed by atoms with Crippen molar-refractivity contribution in [3.8, 4) is 142 Å². The summed E-state index contributed by atoms with van der Waals surface area (Å²) in [4.78, 5) is 0. The van der Waals surface area contributed by atoms with Gasteiger partial charge in [0.05, 0.1) is 16.2 Å². The quantitative estimate of drug-likeness (QED) is 0.0798. The normalized spacial score (nSPS) is 13.3. The lowest BCUT2D eigenvalue weighted by molar-refractivity contribution is 0.370. The topological polar surface area (TPSA) is 55.4 Å². The number of benzene rings is 10. The van der Waals surface area contributed by atoms with Gasteiger partial charge < -0.3 is 28.4 Å². The Hall–Kier alpha value is -11.6. The second-order valence-corrected chi connectivity index (χ2v) is 21.2. The van der Waals surface area contributed by atoms with Gasteiger partial charge in [-0.15, -0.1) is 38.5 Å². The van der Waals surface area contributed by atoms with E-state index in [4.69, 9.17) is 67.0 Å². The van der Waals surface area contributed by atoms with Gasteiger partial charge in [0.15, 0.2) is 0 Å². The molecule has 10 aromatic carbocycles. The standard InChI is InChI=1S/C81H54O6/c1-7-49-82-61-37-25-55(26-38-61)79(56-27-39-62(40-28-56)83-50-8-2)70-22-16-13-19-67(70)73-76(79)74-68-20-14-17-23-71(68)80(57-29-41-63(42-30-57)84-51-9-3,58-31-43-64(44-32-58)85-52-10-4)78(74)75-69-21-15-18-24-72(69)81(77(73)75,59-33-45-65(46-34-59)86-53-11-5)60-35-47-66(48-36-60)87-54-12-6/h1-6,13-48H,49-54H2. The van der Waals surface area contributed by atoms with E-state index in [0.717, 1.165) is 100 Å². The summed E-state index contributed by atoms with van der Waals surface area (Å²) in [5.74, 6) is 19.7. The third kappa shape index (κ3) is 8.55. The minimum atomic E-state index is -1.07. The fraction of sp³-hybridized carbons (Fsp3) is 0.111. The van der Waals surface area contributed by atoms with Gasteiger partial charge in [-0.25, -0.2) is 0 Å². The maximum atomic E-state index is 6.15. The van der Waals surface area contributed by atoms with E-state index in [1.807, 2.05) is 72.8 Å². The molecule has 6 nitrogen and oxygen atoms in total. The van der Waals surface area contributed by atoms with E-state index in [-0.39, 0.29) is 39.6 Å². The largest absolute Gasteiger partial charge is 0.481 e. The van der Waals surface area contributed by atoms with Crippen LogP contribution in [0.4, 0.5) is 0 Å². The second-order valence-electron chi connectivity index (χ2n) is 21.2. The van der Waals surface area contributed by atoms with E-state index in [9.17, 15) is 0 Å². The number of ether oxygens (including phenoxy) is 6. The molecule has 0 heterocycles. The van der Waals surface area contributed by atoms with E-state index in [1.165, 1.54) is 0 Å². The van der Waals surface area contributed by atoms with Gasteiger partial charge in [0.1, 0.15) is 74.1 Å². The molecule has 0 bridgehead atoms. The molecule has 10 aromatic rings. The molecule has 0 aromatic heterocycles. The Bertz CT molecular complexity index is 3870. The van der Waals surface area contributed by atoms with E-state index < -0.39 is 16.2 Å². The molecule has 87 heavy (non-hydrogen) atoms. The molecule has 0 spiro atoms. The summed E-state index contributed by atoms with van der Waals surface area (Å²) in [7, 11) is 0. The van der Waals surface area contributed by atoms with Crippen LogP contribution in [0.15, 0.2) is 218 Å². The van der Waals surface area contributed by atoms with Crippen LogP contribution in [0.2, 0.25) is 0 Å². The van der Waals surface area contributed by atoms with Crippen molar-refractivity contribution in [3.63, 3.8) is 0 Å². The van der Waals surface area contributed by atoms with Crippen molar-refractivity contribution in [3.05, 3.63) is 285 Å². The van der Waals surface area contributed by atoms with Crippen molar-refractivity contribution in [1.82, 2.24) is 0 Å². The first-order chi connectivity index (χ1) is 42.9. The van der Waals surface area contributed by atoms with Crippen LogP contribution in [0.25, 0.3) is 33.4 Å². The van der Waals surface area contributed by atoms with Gasteiger partial charge in [-0.2, -0.15) is 0 Å². The number of terminal acetylenes is 6. The van der Waals surface area contributed by atoms with Crippen LogP contribution in [-0.2, 0) is 16.2 Å². The smallest absolute Gasteiger partial charge is 0.148 e. The highest BCUT2D eigenvalue weighted by atomic mass is 16.5. The zero-order chi connectivity index (χ0) is 59.5. The van der Waals surface area contributed by atoms with Crippen LogP contribution in [-0.4, -0.2) is 39.6 Å².